The van der Waals surface area contributed by atoms with Crippen LogP contribution in [-0.4, -0.2) is 21.7 Å². The number of hydrogen-bond acceptors (Lipinski definition) is 4. The highest BCUT2D eigenvalue weighted by Gasteiger charge is 2.33. The standard InChI is InChI=1S/C22H24BrNO2S2/c1-3-5-7-15(4-2)14-24-21(25)20(28-22(24)27)13-18-10-11-19(26-18)16-8-6-9-17(23)12-16/h6,8-13,15H,3-5,7,14H2,1-2H3/b20-13+. The predicted octanol–water partition coefficient (Wildman–Crippen LogP) is 7.13. The molecule has 1 saturated heterocycles. The zero-order chi connectivity index (χ0) is 20.1. The molecule has 1 amide bonds. The lowest BCUT2D eigenvalue weighted by Gasteiger charge is -2.21. The Kier molecular flexibility index (Phi) is 7.55. The van der Waals surface area contributed by atoms with E-state index in [9.17, 15) is 4.79 Å². The average molecular weight is 478 g/mol. The molecular weight excluding hydrogens is 454 g/mol. The van der Waals surface area contributed by atoms with Crippen molar-refractivity contribution in [1.82, 2.24) is 4.90 Å². The molecule has 6 heteroatoms. The van der Waals surface area contributed by atoms with Crippen molar-refractivity contribution in [3.63, 3.8) is 0 Å². The molecule has 148 valence electrons. The molecule has 1 aliphatic rings. The van der Waals surface area contributed by atoms with E-state index in [1.165, 1.54) is 24.6 Å². The molecule has 1 fully saturated rings. The van der Waals surface area contributed by atoms with Gasteiger partial charge in [0, 0.05) is 22.7 Å². The van der Waals surface area contributed by atoms with Crippen molar-refractivity contribution in [2.75, 3.05) is 6.54 Å². The largest absolute Gasteiger partial charge is 0.457 e. The lowest BCUT2D eigenvalue weighted by atomic mass is 9.99. The summed E-state index contributed by atoms with van der Waals surface area (Å²) in [4.78, 5) is 15.3. The molecule has 0 aliphatic carbocycles. The van der Waals surface area contributed by atoms with E-state index in [0.717, 1.165) is 28.6 Å². The third-order valence-corrected chi connectivity index (χ3v) is 6.74. The second-order valence-electron chi connectivity index (χ2n) is 6.92. The summed E-state index contributed by atoms with van der Waals surface area (Å²) in [5.41, 5.74) is 0.989. The van der Waals surface area contributed by atoms with E-state index >= 15 is 0 Å². The highest BCUT2D eigenvalue weighted by molar-refractivity contribution is 9.10. The maximum Gasteiger partial charge on any atom is 0.266 e. The number of halogens is 1. The van der Waals surface area contributed by atoms with Crippen molar-refractivity contribution in [1.29, 1.82) is 0 Å². The molecule has 3 nitrogen and oxygen atoms in total. The van der Waals surface area contributed by atoms with E-state index < -0.39 is 0 Å². The topological polar surface area (TPSA) is 33.5 Å². The lowest BCUT2D eigenvalue weighted by Crippen LogP contribution is -2.33. The van der Waals surface area contributed by atoms with Crippen LogP contribution in [0.15, 0.2) is 50.2 Å². The third-order valence-electron chi connectivity index (χ3n) is 4.87. The van der Waals surface area contributed by atoms with Crippen LogP contribution in [0, 0.1) is 5.92 Å². The molecule has 0 saturated carbocycles. The molecule has 0 radical (unpaired) electrons. The smallest absolute Gasteiger partial charge is 0.266 e. The molecule has 28 heavy (non-hydrogen) atoms. The summed E-state index contributed by atoms with van der Waals surface area (Å²) in [5, 5.41) is 0. The molecule has 0 spiro atoms. The van der Waals surface area contributed by atoms with E-state index in [4.69, 9.17) is 16.6 Å². The number of furan rings is 1. The first-order valence-electron chi connectivity index (χ1n) is 9.63. The average Bonchev–Trinajstić information content (AvgIpc) is 3.25. The van der Waals surface area contributed by atoms with Crippen LogP contribution < -0.4 is 0 Å². The van der Waals surface area contributed by atoms with Crippen LogP contribution in [-0.2, 0) is 4.79 Å². The molecule has 3 rings (SSSR count). The molecule has 2 aromatic rings. The van der Waals surface area contributed by atoms with E-state index in [1.54, 1.807) is 11.0 Å². The third kappa shape index (κ3) is 5.16. The minimum absolute atomic E-state index is 0.00893. The van der Waals surface area contributed by atoms with Crippen LogP contribution >= 0.6 is 39.9 Å². The second kappa shape index (κ2) is 9.90. The highest BCUT2D eigenvalue weighted by Crippen LogP contribution is 2.35. The summed E-state index contributed by atoms with van der Waals surface area (Å²) in [6.07, 6.45) is 6.36. The maximum atomic E-state index is 12.9. The SMILES string of the molecule is CCCCC(CC)CN1C(=O)/C(=C\c2ccc(-c3cccc(Br)c3)o2)SC1=S. The van der Waals surface area contributed by atoms with Gasteiger partial charge in [-0.25, -0.2) is 0 Å². The summed E-state index contributed by atoms with van der Waals surface area (Å²) in [6, 6.07) is 11.8. The first-order valence-corrected chi connectivity index (χ1v) is 11.6. The molecule has 1 aliphatic heterocycles. The van der Waals surface area contributed by atoms with Gasteiger partial charge in [0.2, 0.25) is 0 Å². The molecule has 2 heterocycles. The number of unbranched alkanes of at least 4 members (excludes halogenated alkanes) is 1. The fourth-order valence-electron chi connectivity index (χ4n) is 3.19. The molecule has 1 aromatic heterocycles. The van der Waals surface area contributed by atoms with Gasteiger partial charge >= 0.3 is 0 Å². The fourth-order valence-corrected chi connectivity index (χ4v) is 4.84. The molecule has 1 unspecified atom stereocenters. The Morgan fingerprint density at radius 2 is 2.11 bits per heavy atom. The van der Waals surface area contributed by atoms with Crippen molar-refractivity contribution in [2.45, 2.75) is 39.5 Å². The number of carbonyl (C=O) groups is 1. The van der Waals surface area contributed by atoms with Crippen LogP contribution in [0.5, 0.6) is 0 Å². The Hall–Kier alpha value is -1.37. The van der Waals surface area contributed by atoms with Crippen LogP contribution in [0.1, 0.15) is 45.3 Å². The van der Waals surface area contributed by atoms with Crippen molar-refractivity contribution >= 4 is 56.2 Å². The van der Waals surface area contributed by atoms with Gasteiger partial charge in [0.25, 0.3) is 5.91 Å². The fraction of sp³-hybridized carbons (Fsp3) is 0.364. The monoisotopic (exact) mass is 477 g/mol. The summed E-state index contributed by atoms with van der Waals surface area (Å²) in [7, 11) is 0. The van der Waals surface area contributed by atoms with Crippen molar-refractivity contribution in [2.24, 2.45) is 5.92 Å². The van der Waals surface area contributed by atoms with Crippen LogP contribution in [0.2, 0.25) is 0 Å². The Morgan fingerprint density at radius 1 is 1.29 bits per heavy atom. The normalized spacial score (nSPS) is 17.0. The maximum absolute atomic E-state index is 12.9. The Labute approximate surface area is 184 Å². The molecule has 1 atom stereocenters. The number of thiocarbonyl (C=S) groups is 1. The van der Waals surface area contributed by atoms with Gasteiger partial charge in [0.05, 0.1) is 4.91 Å². The Morgan fingerprint density at radius 3 is 2.82 bits per heavy atom. The Bertz CT molecular complexity index is 890. The zero-order valence-electron chi connectivity index (χ0n) is 16.1. The summed E-state index contributed by atoms with van der Waals surface area (Å²) in [5.74, 6) is 1.92. The second-order valence-corrected chi connectivity index (χ2v) is 9.51. The lowest BCUT2D eigenvalue weighted by molar-refractivity contribution is -0.122. The van der Waals surface area contributed by atoms with E-state index in [2.05, 4.69) is 29.8 Å². The highest BCUT2D eigenvalue weighted by atomic mass is 79.9. The molecule has 0 N–H and O–H groups in total. The van der Waals surface area contributed by atoms with Gasteiger partial charge in [0.15, 0.2) is 0 Å². The number of nitrogens with zero attached hydrogens (tertiary/aromatic N) is 1. The van der Waals surface area contributed by atoms with Gasteiger partial charge in [-0.15, -0.1) is 0 Å². The predicted molar refractivity (Wildman–Crippen MR) is 125 cm³/mol. The Balaban J connectivity index is 1.73. The van der Waals surface area contributed by atoms with Gasteiger partial charge < -0.3 is 4.42 Å². The van der Waals surface area contributed by atoms with Crippen LogP contribution in [0.4, 0.5) is 0 Å². The van der Waals surface area contributed by atoms with Gasteiger partial charge in [-0.2, -0.15) is 0 Å². The molecule has 1 aromatic carbocycles. The summed E-state index contributed by atoms with van der Waals surface area (Å²) < 4.78 is 7.58. The number of thioether (sulfide) groups is 1. The molecular formula is C22H24BrNO2S2. The van der Waals surface area contributed by atoms with E-state index in [-0.39, 0.29) is 5.91 Å². The van der Waals surface area contributed by atoms with Crippen molar-refractivity contribution in [3.05, 3.63) is 51.5 Å². The molecule has 0 bridgehead atoms. The van der Waals surface area contributed by atoms with Gasteiger partial charge in [0.1, 0.15) is 15.8 Å². The van der Waals surface area contributed by atoms with Crippen LogP contribution in [0.25, 0.3) is 17.4 Å². The van der Waals surface area contributed by atoms with Gasteiger partial charge in [-0.05, 0) is 36.6 Å². The van der Waals surface area contributed by atoms with Crippen molar-refractivity contribution in [3.8, 4) is 11.3 Å². The van der Waals surface area contributed by atoms with E-state index in [0.29, 0.717) is 27.4 Å². The van der Waals surface area contributed by atoms with Gasteiger partial charge in [-0.1, -0.05) is 85.2 Å². The first-order chi connectivity index (χ1) is 13.5. The van der Waals surface area contributed by atoms with E-state index in [1.807, 2.05) is 36.4 Å². The number of hydrogen-bond donors (Lipinski definition) is 0. The minimum atomic E-state index is -0.00893. The number of amides is 1. The summed E-state index contributed by atoms with van der Waals surface area (Å²) in [6.45, 7) is 5.08. The quantitative estimate of drug-likeness (QED) is 0.299. The minimum Gasteiger partial charge on any atom is -0.457 e. The first kappa shape index (κ1) is 21.3. The zero-order valence-corrected chi connectivity index (χ0v) is 19.3. The number of carbonyl (C=O) groups excluding carboxylic acids is 1. The van der Waals surface area contributed by atoms with Gasteiger partial charge in [-0.3, -0.25) is 9.69 Å². The van der Waals surface area contributed by atoms with Crippen molar-refractivity contribution < 1.29 is 9.21 Å². The number of rotatable bonds is 8. The van der Waals surface area contributed by atoms with Crippen LogP contribution in [0.3, 0.4) is 0 Å². The summed E-state index contributed by atoms with van der Waals surface area (Å²) >= 11 is 10.3. The number of benzene rings is 1.